The van der Waals surface area contributed by atoms with Crippen LogP contribution >= 0.6 is 11.8 Å². The van der Waals surface area contributed by atoms with Crippen LogP contribution in [0.3, 0.4) is 0 Å². The molecule has 0 aromatic heterocycles. The summed E-state index contributed by atoms with van der Waals surface area (Å²) in [6.45, 7) is 2.62. The summed E-state index contributed by atoms with van der Waals surface area (Å²) >= 11 is 1.43. The van der Waals surface area contributed by atoms with Crippen molar-refractivity contribution in [3.8, 4) is 11.5 Å². The third kappa shape index (κ3) is 7.46. The van der Waals surface area contributed by atoms with E-state index in [9.17, 15) is 4.39 Å². The molecule has 0 bridgehead atoms. The molecule has 3 rings (SSSR count). The van der Waals surface area contributed by atoms with Crippen LogP contribution in [0.1, 0.15) is 23.6 Å². The number of nitrogens with zero attached hydrogens (tertiary/aromatic N) is 2. The maximum Gasteiger partial charge on any atom is 0.180 e. The number of hydrogen-bond acceptors (Lipinski definition) is 5. The van der Waals surface area contributed by atoms with E-state index >= 15 is 0 Å². The van der Waals surface area contributed by atoms with Gasteiger partial charge in [-0.3, -0.25) is 0 Å². The van der Waals surface area contributed by atoms with Crippen LogP contribution in [0.2, 0.25) is 0 Å². The fraction of sp³-hybridized carbons (Fsp3) is 0.167. The van der Waals surface area contributed by atoms with Gasteiger partial charge in [0, 0.05) is 5.75 Å². The smallest absolute Gasteiger partial charge is 0.180 e. The van der Waals surface area contributed by atoms with E-state index in [1.54, 1.807) is 18.3 Å². The van der Waals surface area contributed by atoms with Crippen molar-refractivity contribution in [2.24, 2.45) is 15.9 Å². The van der Waals surface area contributed by atoms with Gasteiger partial charge in [0.25, 0.3) is 0 Å². The summed E-state index contributed by atoms with van der Waals surface area (Å²) in [6.07, 6.45) is 1.61. The molecule has 0 atom stereocenters. The molecule has 0 amide bonds. The molecule has 160 valence electrons. The summed E-state index contributed by atoms with van der Waals surface area (Å²) in [5.41, 5.74) is 8.63. The highest BCUT2D eigenvalue weighted by Gasteiger charge is 2.07. The van der Waals surface area contributed by atoms with E-state index in [1.807, 2.05) is 55.5 Å². The van der Waals surface area contributed by atoms with Gasteiger partial charge in [-0.15, -0.1) is 5.10 Å². The largest absolute Gasteiger partial charge is 0.490 e. The normalized spacial score (nSPS) is 11.6. The molecule has 0 heterocycles. The van der Waals surface area contributed by atoms with Crippen molar-refractivity contribution in [3.63, 3.8) is 0 Å². The van der Waals surface area contributed by atoms with E-state index in [0.29, 0.717) is 23.3 Å². The number of ether oxygens (including phenoxy) is 2. The van der Waals surface area contributed by atoms with Gasteiger partial charge in [0.15, 0.2) is 16.7 Å². The number of thioether (sulfide) groups is 1. The summed E-state index contributed by atoms with van der Waals surface area (Å²) in [5, 5.41) is 8.49. The number of rotatable bonds is 9. The first-order valence-corrected chi connectivity index (χ1v) is 10.8. The van der Waals surface area contributed by atoms with Crippen LogP contribution in [0, 0.1) is 5.82 Å². The van der Waals surface area contributed by atoms with Crippen LogP contribution in [0.5, 0.6) is 11.5 Å². The first kappa shape index (κ1) is 22.4. The molecule has 2 N–H and O–H groups in total. The van der Waals surface area contributed by atoms with Gasteiger partial charge in [-0.05, 0) is 53.9 Å². The van der Waals surface area contributed by atoms with Crippen molar-refractivity contribution in [2.75, 3.05) is 6.61 Å². The van der Waals surface area contributed by atoms with Crippen LogP contribution in [0.4, 0.5) is 4.39 Å². The highest BCUT2D eigenvalue weighted by molar-refractivity contribution is 8.13. The monoisotopic (exact) mass is 437 g/mol. The third-order valence-electron chi connectivity index (χ3n) is 4.14. The fourth-order valence-corrected chi connectivity index (χ4v) is 3.31. The van der Waals surface area contributed by atoms with Gasteiger partial charge < -0.3 is 15.2 Å². The van der Waals surface area contributed by atoms with Gasteiger partial charge in [-0.2, -0.15) is 5.10 Å². The van der Waals surface area contributed by atoms with Crippen molar-refractivity contribution in [2.45, 2.75) is 19.3 Å². The highest BCUT2D eigenvalue weighted by atomic mass is 32.2. The Morgan fingerprint density at radius 1 is 0.968 bits per heavy atom. The Balaban J connectivity index is 1.61. The number of benzene rings is 3. The molecule has 0 unspecified atom stereocenters. The summed E-state index contributed by atoms with van der Waals surface area (Å²) in [7, 11) is 0. The van der Waals surface area contributed by atoms with Gasteiger partial charge in [-0.25, -0.2) is 4.39 Å². The van der Waals surface area contributed by atoms with Gasteiger partial charge in [-0.1, -0.05) is 54.2 Å². The Bertz CT molecular complexity index is 1040. The first-order valence-electron chi connectivity index (χ1n) is 9.81. The second-order valence-corrected chi connectivity index (χ2v) is 7.51. The number of hydrogen-bond donors (Lipinski definition) is 1. The molecule has 0 spiro atoms. The van der Waals surface area contributed by atoms with Gasteiger partial charge in [0.05, 0.1) is 12.8 Å². The minimum Gasteiger partial charge on any atom is -0.490 e. The number of halogens is 1. The van der Waals surface area contributed by atoms with Crippen molar-refractivity contribution >= 4 is 23.1 Å². The van der Waals surface area contributed by atoms with E-state index in [2.05, 4.69) is 10.2 Å². The number of amidine groups is 1. The lowest BCUT2D eigenvalue weighted by molar-refractivity contribution is 0.269. The van der Waals surface area contributed by atoms with Crippen LogP contribution in [0.25, 0.3) is 0 Å². The predicted octanol–water partition coefficient (Wildman–Crippen LogP) is 5.39. The molecule has 0 fully saturated rings. The van der Waals surface area contributed by atoms with Crippen molar-refractivity contribution in [3.05, 3.63) is 95.3 Å². The molecule has 0 saturated heterocycles. The van der Waals surface area contributed by atoms with E-state index < -0.39 is 0 Å². The van der Waals surface area contributed by atoms with Crippen molar-refractivity contribution in [1.29, 1.82) is 0 Å². The Kier molecular flexibility index (Phi) is 8.48. The van der Waals surface area contributed by atoms with Crippen LogP contribution in [0.15, 0.2) is 83.0 Å². The van der Waals surface area contributed by atoms with E-state index in [1.165, 1.54) is 29.5 Å². The minimum atomic E-state index is -0.292. The topological polar surface area (TPSA) is 69.2 Å². The van der Waals surface area contributed by atoms with Crippen LogP contribution in [-0.2, 0) is 12.4 Å². The highest BCUT2D eigenvalue weighted by Crippen LogP contribution is 2.29. The minimum absolute atomic E-state index is 0.241. The first-order chi connectivity index (χ1) is 15.1. The lowest BCUT2D eigenvalue weighted by atomic mass is 10.2. The second kappa shape index (κ2) is 11.8. The SMILES string of the molecule is CCOc1cc(C=NN=C(N)SCc2ccccc2)ccc1OCc1cccc(F)c1. The summed E-state index contributed by atoms with van der Waals surface area (Å²) < 4.78 is 24.8. The molecule has 5 nitrogen and oxygen atoms in total. The fourth-order valence-electron chi connectivity index (χ4n) is 2.69. The Morgan fingerprint density at radius 3 is 2.55 bits per heavy atom. The van der Waals surface area contributed by atoms with Crippen LogP contribution < -0.4 is 15.2 Å². The lowest BCUT2D eigenvalue weighted by Gasteiger charge is -2.12. The van der Waals surface area contributed by atoms with Crippen molar-refractivity contribution in [1.82, 2.24) is 0 Å². The molecule has 0 aliphatic heterocycles. The zero-order valence-corrected chi connectivity index (χ0v) is 18.0. The lowest BCUT2D eigenvalue weighted by Crippen LogP contribution is -2.06. The third-order valence-corrected chi connectivity index (χ3v) is 5.00. The molecule has 3 aromatic rings. The zero-order valence-electron chi connectivity index (χ0n) is 17.2. The molecule has 7 heteroatoms. The molecule has 31 heavy (non-hydrogen) atoms. The molecule has 3 aromatic carbocycles. The van der Waals surface area contributed by atoms with Gasteiger partial charge in [0.1, 0.15) is 12.4 Å². The average molecular weight is 438 g/mol. The second-order valence-electron chi connectivity index (χ2n) is 6.51. The quantitative estimate of drug-likeness (QED) is 0.277. The zero-order chi connectivity index (χ0) is 21.9. The molecule has 0 aliphatic rings. The summed E-state index contributed by atoms with van der Waals surface area (Å²) in [5.74, 6) is 1.60. The van der Waals surface area contributed by atoms with E-state index in [4.69, 9.17) is 15.2 Å². The molecule has 0 radical (unpaired) electrons. The predicted molar refractivity (Wildman–Crippen MR) is 125 cm³/mol. The van der Waals surface area contributed by atoms with Crippen LogP contribution in [-0.4, -0.2) is 18.0 Å². The Morgan fingerprint density at radius 2 is 1.77 bits per heavy atom. The average Bonchev–Trinajstić information content (AvgIpc) is 2.78. The molecule has 0 aliphatic carbocycles. The molecule has 0 saturated carbocycles. The summed E-state index contributed by atoms with van der Waals surface area (Å²) in [6, 6.07) is 21.8. The number of nitrogens with two attached hydrogens (primary N) is 1. The maximum atomic E-state index is 13.3. The molecular weight excluding hydrogens is 413 g/mol. The van der Waals surface area contributed by atoms with E-state index in [0.717, 1.165) is 16.9 Å². The Labute approximate surface area is 185 Å². The standard InChI is InChI=1S/C24H24FN3O2S/c1-2-29-23-14-19(11-12-22(23)30-16-20-9-6-10-21(25)13-20)15-27-28-24(26)31-17-18-7-4-3-5-8-18/h3-15H,2,16-17H2,1H3,(H2,26,28). The van der Waals surface area contributed by atoms with Gasteiger partial charge in [0.2, 0.25) is 0 Å². The maximum absolute atomic E-state index is 13.3. The van der Waals surface area contributed by atoms with Gasteiger partial charge >= 0.3 is 0 Å². The van der Waals surface area contributed by atoms with E-state index in [-0.39, 0.29) is 12.4 Å². The molecular formula is C24H24FN3O2S. The Hall–Kier alpha value is -3.32. The summed E-state index contributed by atoms with van der Waals surface area (Å²) in [4.78, 5) is 0. The van der Waals surface area contributed by atoms with Crippen molar-refractivity contribution < 1.29 is 13.9 Å².